The maximum absolute atomic E-state index is 11.9. The van der Waals surface area contributed by atoms with Crippen LogP contribution in [0.15, 0.2) is 53.6 Å². The minimum absolute atomic E-state index is 0.335. The summed E-state index contributed by atoms with van der Waals surface area (Å²) in [6.45, 7) is 1.34. The van der Waals surface area contributed by atoms with Gasteiger partial charge in [0.25, 0.3) is 5.91 Å². The number of amides is 1. The fourth-order valence-electron chi connectivity index (χ4n) is 1.87. The second-order valence-electron chi connectivity index (χ2n) is 4.77. The monoisotopic (exact) mass is 311 g/mol. The first-order chi connectivity index (χ1) is 11.1. The van der Waals surface area contributed by atoms with Crippen LogP contribution in [0.3, 0.4) is 0 Å². The SMILES string of the molecule is Cc1cccc(C(=O)N/N=C\c2ccccc2OCC(=O)[O-])c1. The van der Waals surface area contributed by atoms with Gasteiger partial charge in [0, 0.05) is 11.1 Å². The first-order valence-electron chi connectivity index (χ1n) is 6.88. The molecule has 2 rings (SSSR count). The Labute approximate surface area is 133 Å². The lowest BCUT2D eigenvalue weighted by atomic mass is 10.1. The van der Waals surface area contributed by atoms with Gasteiger partial charge in [0.05, 0.1) is 12.2 Å². The molecule has 0 aliphatic carbocycles. The number of hydrogen-bond donors (Lipinski definition) is 1. The van der Waals surface area contributed by atoms with Gasteiger partial charge in [-0.05, 0) is 31.2 Å². The van der Waals surface area contributed by atoms with Crippen LogP contribution < -0.4 is 15.3 Å². The van der Waals surface area contributed by atoms with Gasteiger partial charge in [0.15, 0.2) is 0 Å². The number of nitrogens with zero attached hydrogens (tertiary/aromatic N) is 1. The molecule has 0 aromatic heterocycles. The second kappa shape index (κ2) is 7.74. The molecule has 1 amide bonds. The number of benzene rings is 2. The van der Waals surface area contributed by atoms with E-state index in [0.717, 1.165) is 5.56 Å². The number of carboxylic acid groups (broad SMARTS) is 1. The Bertz CT molecular complexity index is 741. The van der Waals surface area contributed by atoms with Crippen molar-refractivity contribution < 1.29 is 19.4 Å². The summed E-state index contributed by atoms with van der Waals surface area (Å²) < 4.78 is 5.09. The number of hydrogen-bond acceptors (Lipinski definition) is 5. The van der Waals surface area contributed by atoms with Gasteiger partial charge in [-0.25, -0.2) is 5.43 Å². The molecule has 0 saturated heterocycles. The zero-order chi connectivity index (χ0) is 16.7. The molecule has 118 valence electrons. The lowest BCUT2D eigenvalue weighted by Gasteiger charge is -2.09. The predicted octanol–water partition coefficient (Wildman–Crippen LogP) is 0.888. The van der Waals surface area contributed by atoms with E-state index in [9.17, 15) is 14.7 Å². The Morgan fingerprint density at radius 1 is 1.22 bits per heavy atom. The largest absolute Gasteiger partial charge is 0.546 e. The van der Waals surface area contributed by atoms with Gasteiger partial charge in [-0.15, -0.1) is 0 Å². The van der Waals surface area contributed by atoms with E-state index in [4.69, 9.17) is 4.74 Å². The minimum atomic E-state index is -1.32. The van der Waals surface area contributed by atoms with Crippen LogP contribution in [0.4, 0.5) is 0 Å². The standard InChI is InChI=1S/C17H16N2O4/c1-12-5-4-7-13(9-12)17(22)19-18-10-14-6-2-3-8-15(14)23-11-16(20)21/h2-10H,11H2,1H3,(H,19,22)(H,20,21)/p-1/b18-10-. The van der Waals surface area contributed by atoms with Gasteiger partial charge in [-0.3, -0.25) is 4.79 Å². The van der Waals surface area contributed by atoms with Gasteiger partial charge in [0.1, 0.15) is 12.4 Å². The van der Waals surface area contributed by atoms with Gasteiger partial charge < -0.3 is 14.6 Å². The Kier molecular flexibility index (Phi) is 5.46. The highest BCUT2D eigenvalue weighted by atomic mass is 16.5. The van der Waals surface area contributed by atoms with Crippen molar-refractivity contribution in [3.63, 3.8) is 0 Å². The van der Waals surface area contributed by atoms with E-state index in [1.54, 1.807) is 42.5 Å². The van der Waals surface area contributed by atoms with E-state index >= 15 is 0 Å². The number of carboxylic acids is 1. The Morgan fingerprint density at radius 2 is 2.00 bits per heavy atom. The lowest BCUT2D eigenvalue weighted by Crippen LogP contribution is -2.29. The molecule has 1 N–H and O–H groups in total. The number of rotatable bonds is 6. The third kappa shape index (κ3) is 4.96. The summed E-state index contributed by atoms with van der Waals surface area (Å²) >= 11 is 0. The van der Waals surface area contributed by atoms with Crippen molar-refractivity contribution in [1.82, 2.24) is 5.43 Å². The molecule has 0 aliphatic rings. The molecule has 6 heteroatoms. The average molecular weight is 311 g/mol. The zero-order valence-electron chi connectivity index (χ0n) is 12.5. The first kappa shape index (κ1) is 16.2. The van der Waals surface area contributed by atoms with E-state index in [0.29, 0.717) is 16.9 Å². The molecular formula is C17H15N2O4-. The molecule has 23 heavy (non-hydrogen) atoms. The normalized spacial score (nSPS) is 10.5. The fraction of sp³-hybridized carbons (Fsp3) is 0.118. The third-order valence-corrected chi connectivity index (χ3v) is 2.91. The van der Waals surface area contributed by atoms with Crippen LogP contribution in [0.5, 0.6) is 5.75 Å². The third-order valence-electron chi connectivity index (χ3n) is 2.91. The molecule has 0 radical (unpaired) electrons. The van der Waals surface area contributed by atoms with Crippen molar-refractivity contribution in [2.45, 2.75) is 6.92 Å². The van der Waals surface area contributed by atoms with E-state index in [-0.39, 0.29) is 5.91 Å². The summed E-state index contributed by atoms with van der Waals surface area (Å²) in [5, 5.41) is 14.3. The van der Waals surface area contributed by atoms with Crippen LogP contribution in [-0.4, -0.2) is 24.7 Å². The van der Waals surface area contributed by atoms with Crippen LogP contribution in [0.25, 0.3) is 0 Å². The molecule has 6 nitrogen and oxygen atoms in total. The van der Waals surface area contributed by atoms with Gasteiger partial charge in [-0.1, -0.05) is 29.8 Å². The molecule has 0 saturated carbocycles. The summed E-state index contributed by atoms with van der Waals surface area (Å²) in [7, 11) is 0. The van der Waals surface area contributed by atoms with Crippen molar-refractivity contribution in [2.75, 3.05) is 6.61 Å². The number of nitrogens with one attached hydrogen (secondary N) is 1. The van der Waals surface area contributed by atoms with Gasteiger partial charge in [0.2, 0.25) is 0 Å². The second-order valence-corrected chi connectivity index (χ2v) is 4.77. The summed E-state index contributed by atoms with van der Waals surface area (Å²) in [5.74, 6) is -1.31. The van der Waals surface area contributed by atoms with E-state index < -0.39 is 12.6 Å². The van der Waals surface area contributed by atoms with Gasteiger partial charge in [-0.2, -0.15) is 5.10 Å². The maximum atomic E-state index is 11.9. The van der Waals surface area contributed by atoms with Crippen LogP contribution in [0.1, 0.15) is 21.5 Å². The number of ether oxygens (including phenoxy) is 1. The summed E-state index contributed by atoms with van der Waals surface area (Å²) in [4.78, 5) is 22.4. The van der Waals surface area contributed by atoms with Crippen molar-refractivity contribution in [1.29, 1.82) is 0 Å². The van der Waals surface area contributed by atoms with Crippen LogP contribution >= 0.6 is 0 Å². The zero-order valence-corrected chi connectivity index (χ0v) is 12.5. The number of aryl methyl sites for hydroxylation is 1. The summed E-state index contributed by atoms with van der Waals surface area (Å²) in [6.07, 6.45) is 1.39. The highest BCUT2D eigenvalue weighted by molar-refractivity contribution is 5.95. The minimum Gasteiger partial charge on any atom is -0.546 e. The number of carbonyl (C=O) groups excluding carboxylic acids is 2. The molecule has 0 bridgehead atoms. The van der Waals surface area contributed by atoms with E-state index in [1.807, 2.05) is 13.0 Å². The van der Waals surface area contributed by atoms with Crippen molar-refractivity contribution in [3.05, 3.63) is 65.2 Å². The number of aliphatic carboxylic acids is 1. The molecule has 2 aromatic carbocycles. The van der Waals surface area contributed by atoms with Gasteiger partial charge >= 0.3 is 0 Å². The molecule has 2 aromatic rings. The Hall–Kier alpha value is -3.15. The highest BCUT2D eigenvalue weighted by Gasteiger charge is 2.04. The average Bonchev–Trinajstić information content (AvgIpc) is 2.53. The number of carbonyl (C=O) groups is 2. The fourth-order valence-corrected chi connectivity index (χ4v) is 1.87. The Balaban J connectivity index is 2.03. The Morgan fingerprint density at radius 3 is 2.74 bits per heavy atom. The van der Waals surface area contributed by atoms with Crippen LogP contribution in [-0.2, 0) is 4.79 Å². The topological polar surface area (TPSA) is 90.8 Å². The predicted molar refractivity (Wildman–Crippen MR) is 83.2 cm³/mol. The molecule has 0 atom stereocenters. The summed E-state index contributed by atoms with van der Waals surface area (Å²) in [5.41, 5.74) is 4.43. The summed E-state index contributed by atoms with van der Waals surface area (Å²) in [6, 6.07) is 13.9. The van der Waals surface area contributed by atoms with Crippen molar-refractivity contribution in [2.24, 2.45) is 5.10 Å². The maximum Gasteiger partial charge on any atom is 0.271 e. The molecule has 0 spiro atoms. The molecule has 0 unspecified atom stereocenters. The van der Waals surface area contributed by atoms with E-state index in [1.165, 1.54) is 6.21 Å². The number of para-hydroxylation sites is 1. The molecule has 0 aliphatic heterocycles. The van der Waals surface area contributed by atoms with Crippen LogP contribution in [0, 0.1) is 6.92 Å². The molecule has 0 fully saturated rings. The number of hydrazone groups is 1. The van der Waals surface area contributed by atoms with Crippen LogP contribution in [0.2, 0.25) is 0 Å². The molecule has 0 heterocycles. The van der Waals surface area contributed by atoms with Crippen molar-refractivity contribution in [3.8, 4) is 5.75 Å². The quantitative estimate of drug-likeness (QED) is 0.633. The van der Waals surface area contributed by atoms with Crippen molar-refractivity contribution >= 4 is 18.1 Å². The highest BCUT2D eigenvalue weighted by Crippen LogP contribution is 2.15. The smallest absolute Gasteiger partial charge is 0.271 e. The van der Waals surface area contributed by atoms with E-state index in [2.05, 4.69) is 10.5 Å². The first-order valence-corrected chi connectivity index (χ1v) is 6.88. The lowest BCUT2D eigenvalue weighted by molar-refractivity contribution is -0.307. The molecular weight excluding hydrogens is 296 g/mol.